The van der Waals surface area contributed by atoms with Gasteiger partial charge in [0.05, 0.1) is 14.2 Å². The molecule has 0 fully saturated rings. The van der Waals surface area contributed by atoms with Crippen molar-refractivity contribution < 1.29 is 14.3 Å². The Morgan fingerprint density at radius 2 is 1.52 bits per heavy atom. The maximum atomic E-state index is 12.8. The van der Waals surface area contributed by atoms with Gasteiger partial charge in [-0.05, 0) is 23.8 Å². The molecule has 0 atom stereocenters. The summed E-state index contributed by atoms with van der Waals surface area (Å²) in [4.78, 5) is 12.8. The number of carbonyl (C=O) groups is 1. The Labute approximate surface area is 188 Å². The average Bonchev–Trinajstić information content (AvgIpc) is 3.27. The molecule has 1 heterocycles. The molecule has 1 amide bonds. The first-order valence-corrected chi connectivity index (χ1v) is 10.5. The van der Waals surface area contributed by atoms with Crippen LogP contribution in [0.5, 0.6) is 11.5 Å². The third-order valence-corrected chi connectivity index (χ3v) is 5.83. The summed E-state index contributed by atoms with van der Waals surface area (Å²) in [6.45, 7) is 0. The van der Waals surface area contributed by atoms with Crippen LogP contribution < -0.4 is 14.8 Å². The molecule has 3 aromatic carbocycles. The highest BCUT2D eigenvalue weighted by atomic mass is 35.5. The largest absolute Gasteiger partial charge is 0.496 e. The third kappa shape index (κ3) is 4.38. The summed E-state index contributed by atoms with van der Waals surface area (Å²) in [6.07, 6.45) is 0. The van der Waals surface area contributed by atoms with Gasteiger partial charge in [-0.2, -0.15) is 0 Å². The first-order chi connectivity index (χ1) is 15.1. The number of hydrogen-bond acceptors (Lipinski definition) is 6. The number of aromatic nitrogens is 2. The van der Waals surface area contributed by atoms with Gasteiger partial charge in [-0.15, -0.1) is 10.2 Å². The van der Waals surface area contributed by atoms with Crippen LogP contribution in [0.4, 0.5) is 5.13 Å². The van der Waals surface area contributed by atoms with Gasteiger partial charge in [0.1, 0.15) is 22.1 Å². The lowest BCUT2D eigenvalue weighted by Crippen LogP contribution is -2.14. The van der Waals surface area contributed by atoms with E-state index in [-0.39, 0.29) is 5.91 Å². The van der Waals surface area contributed by atoms with Gasteiger partial charge in [0.25, 0.3) is 5.91 Å². The molecule has 0 unspecified atom stereocenters. The number of halogens is 1. The van der Waals surface area contributed by atoms with E-state index < -0.39 is 0 Å². The van der Waals surface area contributed by atoms with Crippen molar-refractivity contribution in [2.24, 2.45) is 0 Å². The standard InChI is InChI=1S/C23H18ClN3O3S/c1-29-18-8-5-9-19(30-2)20(18)21(28)25-23-27-26-22(31-23)15-12-10-14(11-13-15)16-6-3-4-7-17(16)24/h3-13H,1-2H3,(H,25,27,28). The molecule has 0 aliphatic carbocycles. The van der Waals surface area contributed by atoms with Gasteiger partial charge in [-0.1, -0.05) is 71.5 Å². The van der Waals surface area contributed by atoms with Crippen LogP contribution in [0.3, 0.4) is 0 Å². The number of methoxy groups -OCH3 is 2. The first kappa shape index (κ1) is 20.8. The highest BCUT2D eigenvalue weighted by Crippen LogP contribution is 2.33. The highest BCUT2D eigenvalue weighted by Gasteiger charge is 2.20. The second kappa shape index (κ2) is 9.16. The van der Waals surface area contributed by atoms with Crippen LogP contribution in [0.1, 0.15) is 10.4 Å². The van der Waals surface area contributed by atoms with E-state index in [1.54, 1.807) is 18.2 Å². The fourth-order valence-corrected chi connectivity index (χ4v) is 4.10. The summed E-state index contributed by atoms with van der Waals surface area (Å²) in [5.41, 5.74) is 3.17. The average molecular weight is 452 g/mol. The van der Waals surface area contributed by atoms with Crippen LogP contribution in [-0.4, -0.2) is 30.3 Å². The molecule has 156 valence electrons. The SMILES string of the molecule is COc1cccc(OC)c1C(=O)Nc1nnc(-c2ccc(-c3ccccc3Cl)cc2)s1. The van der Waals surface area contributed by atoms with Crippen molar-refractivity contribution >= 4 is 34.0 Å². The van der Waals surface area contributed by atoms with Crippen molar-refractivity contribution in [3.63, 3.8) is 0 Å². The minimum Gasteiger partial charge on any atom is -0.496 e. The summed E-state index contributed by atoms with van der Waals surface area (Å²) in [5.74, 6) is 0.444. The summed E-state index contributed by atoms with van der Waals surface area (Å²) in [6, 6.07) is 20.7. The maximum Gasteiger partial charge on any atom is 0.265 e. The molecule has 8 heteroatoms. The van der Waals surface area contributed by atoms with Gasteiger partial charge in [0.15, 0.2) is 0 Å². The Balaban J connectivity index is 1.54. The molecule has 4 aromatic rings. The predicted molar refractivity (Wildman–Crippen MR) is 123 cm³/mol. The fourth-order valence-electron chi connectivity index (χ4n) is 3.11. The Morgan fingerprint density at radius 3 is 2.16 bits per heavy atom. The molecule has 1 aromatic heterocycles. The third-order valence-electron chi connectivity index (χ3n) is 4.62. The lowest BCUT2D eigenvalue weighted by molar-refractivity contribution is 0.102. The van der Waals surface area contributed by atoms with Gasteiger partial charge in [0, 0.05) is 16.1 Å². The summed E-state index contributed by atoms with van der Waals surface area (Å²) in [7, 11) is 3.00. The Hall–Kier alpha value is -3.42. The van der Waals surface area contributed by atoms with Crippen molar-refractivity contribution in [1.29, 1.82) is 0 Å². The van der Waals surface area contributed by atoms with Crippen molar-refractivity contribution in [2.75, 3.05) is 19.5 Å². The molecule has 0 radical (unpaired) electrons. The first-order valence-electron chi connectivity index (χ1n) is 9.32. The lowest BCUT2D eigenvalue weighted by atomic mass is 10.0. The number of benzene rings is 3. The molecule has 1 N–H and O–H groups in total. The number of carbonyl (C=O) groups excluding carboxylic acids is 1. The number of ether oxygens (including phenoxy) is 2. The zero-order valence-electron chi connectivity index (χ0n) is 16.8. The number of amides is 1. The summed E-state index contributed by atoms with van der Waals surface area (Å²) in [5, 5.41) is 12.8. The zero-order valence-corrected chi connectivity index (χ0v) is 18.3. The van der Waals surface area contributed by atoms with Crippen molar-refractivity contribution in [3.05, 3.63) is 77.3 Å². The zero-order chi connectivity index (χ0) is 21.8. The molecule has 0 bridgehead atoms. The van der Waals surface area contributed by atoms with Crippen LogP contribution in [0.15, 0.2) is 66.7 Å². The van der Waals surface area contributed by atoms with Crippen LogP contribution in [0.2, 0.25) is 5.02 Å². The van der Waals surface area contributed by atoms with Crippen LogP contribution in [0, 0.1) is 0 Å². The van der Waals surface area contributed by atoms with E-state index in [1.165, 1.54) is 25.6 Å². The van der Waals surface area contributed by atoms with E-state index in [1.807, 2.05) is 48.5 Å². The van der Waals surface area contributed by atoms with Crippen LogP contribution in [-0.2, 0) is 0 Å². The normalized spacial score (nSPS) is 10.5. The lowest BCUT2D eigenvalue weighted by Gasteiger charge is -2.11. The molecule has 0 saturated heterocycles. The highest BCUT2D eigenvalue weighted by molar-refractivity contribution is 7.18. The van der Waals surface area contributed by atoms with E-state index in [0.29, 0.717) is 32.2 Å². The van der Waals surface area contributed by atoms with E-state index >= 15 is 0 Å². The van der Waals surface area contributed by atoms with E-state index in [9.17, 15) is 4.79 Å². The Bertz CT molecular complexity index is 1200. The van der Waals surface area contributed by atoms with E-state index in [2.05, 4.69) is 15.5 Å². The van der Waals surface area contributed by atoms with E-state index in [4.69, 9.17) is 21.1 Å². The predicted octanol–water partition coefficient (Wildman–Crippen LogP) is 5.80. The molecule has 0 saturated carbocycles. The van der Waals surface area contributed by atoms with Gasteiger partial charge in [-0.25, -0.2) is 0 Å². The van der Waals surface area contributed by atoms with E-state index in [0.717, 1.165) is 16.7 Å². The van der Waals surface area contributed by atoms with Gasteiger partial charge < -0.3 is 9.47 Å². The number of hydrogen-bond donors (Lipinski definition) is 1. The molecular formula is C23H18ClN3O3S. The van der Waals surface area contributed by atoms with Gasteiger partial charge in [-0.3, -0.25) is 10.1 Å². The Kier molecular flexibility index (Phi) is 6.16. The number of nitrogens with one attached hydrogen (secondary N) is 1. The number of anilines is 1. The van der Waals surface area contributed by atoms with Crippen molar-refractivity contribution in [3.8, 4) is 33.2 Å². The van der Waals surface area contributed by atoms with Crippen LogP contribution in [0.25, 0.3) is 21.7 Å². The monoisotopic (exact) mass is 451 g/mol. The van der Waals surface area contributed by atoms with Crippen molar-refractivity contribution in [1.82, 2.24) is 10.2 Å². The fraction of sp³-hybridized carbons (Fsp3) is 0.0870. The summed E-state index contributed by atoms with van der Waals surface area (Å²) >= 11 is 7.56. The molecule has 0 aliphatic rings. The topological polar surface area (TPSA) is 73.3 Å². The molecule has 0 spiro atoms. The quantitative estimate of drug-likeness (QED) is 0.401. The molecule has 6 nitrogen and oxygen atoms in total. The van der Waals surface area contributed by atoms with Crippen LogP contribution >= 0.6 is 22.9 Å². The second-order valence-electron chi connectivity index (χ2n) is 6.46. The van der Waals surface area contributed by atoms with Crippen molar-refractivity contribution in [2.45, 2.75) is 0 Å². The Morgan fingerprint density at radius 1 is 0.871 bits per heavy atom. The van der Waals surface area contributed by atoms with Gasteiger partial charge in [0.2, 0.25) is 5.13 Å². The maximum absolute atomic E-state index is 12.8. The second-order valence-corrected chi connectivity index (χ2v) is 7.85. The molecule has 31 heavy (non-hydrogen) atoms. The molecular weight excluding hydrogens is 434 g/mol. The number of rotatable bonds is 6. The smallest absolute Gasteiger partial charge is 0.265 e. The molecule has 0 aliphatic heterocycles. The number of nitrogens with zero attached hydrogens (tertiary/aromatic N) is 2. The van der Waals surface area contributed by atoms with Gasteiger partial charge >= 0.3 is 0 Å². The minimum absolute atomic E-state index is 0.299. The summed E-state index contributed by atoms with van der Waals surface area (Å²) < 4.78 is 10.6. The molecule has 4 rings (SSSR count). The minimum atomic E-state index is -0.383.